The highest BCUT2D eigenvalue weighted by atomic mass is 16.6. The number of hydrogen-bond donors (Lipinski definition) is 2. The molecule has 1 aliphatic carbocycles. The molecular weight excluding hydrogens is 350 g/mol. The Morgan fingerprint density at radius 1 is 1.26 bits per heavy atom. The molecule has 1 heterocycles. The van der Waals surface area contributed by atoms with Crippen molar-refractivity contribution in [3.05, 3.63) is 51.2 Å². The third-order valence-electron chi connectivity index (χ3n) is 5.09. The van der Waals surface area contributed by atoms with Crippen LogP contribution in [-0.2, 0) is 9.53 Å². The third-order valence-corrected chi connectivity index (χ3v) is 5.09. The van der Waals surface area contributed by atoms with Crippen LogP contribution in [0.25, 0.3) is 0 Å². The van der Waals surface area contributed by atoms with Crippen LogP contribution in [0.4, 0.5) is 10.5 Å². The van der Waals surface area contributed by atoms with Gasteiger partial charge in [-0.25, -0.2) is 9.59 Å². The fourth-order valence-electron chi connectivity index (χ4n) is 3.70. The number of carbonyl (C=O) groups excluding carboxylic acids is 2. The number of ether oxygens (including phenoxy) is 1. The molecule has 144 valence electrons. The predicted molar refractivity (Wildman–Crippen MR) is 97.7 cm³/mol. The van der Waals surface area contributed by atoms with E-state index >= 15 is 0 Å². The van der Waals surface area contributed by atoms with Gasteiger partial charge in [-0.3, -0.25) is 10.1 Å². The lowest BCUT2D eigenvalue weighted by Gasteiger charge is -2.31. The number of allylic oxidation sites excluding steroid dienone is 1. The minimum absolute atomic E-state index is 0.0555. The summed E-state index contributed by atoms with van der Waals surface area (Å²) in [4.78, 5) is 35.1. The second-order valence-corrected chi connectivity index (χ2v) is 7.22. The van der Waals surface area contributed by atoms with Crippen LogP contribution in [0, 0.1) is 16.0 Å². The maximum Gasteiger partial charge on any atom is 0.338 e. The van der Waals surface area contributed by atoms with Crippen molar-refractivity contribution in [3.63, 3.8) is 0 Å². The van der Waals surface area contributed by atoms with Crippen LogP contribution in [0.5, 0.6) is 0 Å². The molecule has 1 aliphatic heterocycles. The second-order valence-electron chi connectivity index (χ2n) is 7.22. The lowest BCUT2D eigenvalue weighted by Crippen LogP contribution is -2.45. The molecular formula is C19H23N3O5. The van der Waals surface area contributed by atoms with Crippen LogP contribution >= 0.6 is 0 Å². The average molecular weight is 373 g/mol. The molecule has 0 spiro atoms. The summed E-state index contributed by atoms with van der Waals surface area (Å²) in [6.45, 7) is 3.80. The van der Waals surface area contributed by atoms with E-state index in [1.807, 2.05) is 0 Å². The van der Waals surface area contributed by atoms with Crippen molar-refractivity contribution < 1.29 is 19.2 Å². The maximum absolute atomic E-state index is 12.9. The van der Waals surface area contributed by atoms with Gasteiger partial charge in [0.15, 0.2) is 0 Å². The van der Waals surface area contributed by atoms with Gasteiger partial charge < -0.3 is 15.4 Å². The molecule has 3 atom stereocenters. The summed E-state index contributed by atoms with van der Waals surface area (Å²) in [6.07, 6.45) is 3.71. The Kier molecular flexibility index (Phi) is 5.43. The smallest absolute Gasteiger partial charge is 0.338 e. The van der Waals surface area contributed by atoms with Crippen LogP contribution in [0.15, 0.2) is 35.5 Å². The molecule has 2 aliphatic rings. The van der Waals surface area contributed by atoms with Gasteiger partial charge >= 0.3 is 12.0 Å². The van der Waals surface area contributed by atoms with Crippen molar-refractivity contribution in [2.75, 3.05) is 0 Å². The number of nitro groups is 1. The van der Waals surface area contributed by atoms with Crippen LogP contribution < -0.4 is 10.6 Å². The zero-order chi connectivity index (χ0) is 19.6. The van der Waals surface area contributed by atoms with Crippen LogP contribution in [0.1, 0.15) is 51.1 Å². The molecule has 1 saturated carbocycles. The van der Waals surface area contributed by atoms with Crippen LogP contribution in [-0.4, -0.2) is 23.0 Å². The van der Waals surface area contributed by atoms with Crippen molar-refractivity contribution >= 4 is 17.7 Å². The molecule has 8 heteroatoms. The first kappa shape index (κ1) is 18.9. The molecule has 0 radical (unpaired) electrons. The maximum atomic E-state index is 12.9. The fraction of sp³-hybridized carbons (Fsp3) is 0.474. The molecule has 1 aromatic carbocycles. The summed E-state index contributed by atoms with van der Waals surface area (Å²) in [5.74, 6) is 0.0451. The topological polar surface area (TPSA) is 111 Å². The number of amides is 2. The zero-order valence-corrected chi connectivity index (χ0v) is 15.4. The Balaban J connectivity index is 1.85. The number of nitrogens with one attached hydrogen (secondary N) is 2. The van der Waals surface area contributed by atoms with Crippen LogP contribution in [0.2, 0.25) is 0 Å². The van der Waals surface area contributed by atoms with E-state index in [4.69, 9.17) is 4.74 Å². The van der Waals surface area contributed by atoms with Gasteiger partial charge in [0.2, 0.25) is 0 Å². The molecule has 0 unspecified atom stereocenters. The summed E-state index contributed by atoms with van der Waals surface area (Å²) in [5, 5.41) is 16.2. The standard InChI is InChI=1S/C19H23N3O5/c1-11-4-3-5-15(10-11)27-18(23)16-12(2)20-19(24)21-17(16)13-6-8-14(9-7-13)22(25)26/h6-9,11,15,17H,3-5,10H2,1-2H3,(H2,20,21,24)/t11-,15+,17+/m0/s1. The van der Waals surface area contributed by atoms with E-state index in [0.717, 1.165) is 25.7 Å². The zero-order valence-electron chi connectivity index (χ0n) is 15.4. The molecule has 2 N–H and O–H groups in total. The molecule has 1 fully saturated rings. The molecule has 0 bridgehead atoms. The van der Waals surface area contributed by atoms with E-state index in [0.29, 0.717) is 22.8 Å². The molecule has 0 saturated heterocycles. The number of benzene rings is 1. The van der Waals surface area contributed by atoms with E-state index in [-0.39, 0.29) is 11.8 Å². The summed E-state index contributed by atoms with van der Waals surface area (Å²) in [5.41, 5.74) is 1.27. The highest BCUT2D eigenvalue weighted by Crippen LogP contribution is 2.31. The SMILES string of the molecule is CC1=C(C(=O)O[C@@H]2CCC[C@H](C)C2)[C@@H](c2ccc([N+](=O)[O-])cc2)NC(=O)N1. The van der Waals surface area contributed by atoms with E-state index in [2.05, 4.69) is 17.6 Å². The second kappa shape index (κ2) is 7.77. The quantitative estimate of drug-likeness (QED) is 0.478. The number of non-ortho nitro benzene ring substituents is 1. The van der Waals surface area contributed by atoms with Gasteiger partial charge in [0.1, 0.15) is 6.10 Å². The largest absolute Gasteiger partial charge is 0.459 e. The highest BCUT2D eigenvalue weighted by Gasteiger charge is 2.34. The first-order valence-corrected chi connectivity index (χ1v) is 9.08. The minimum atomic E-state index is -0.715. The van der Waals surface area contributed by atoms with Gasteiger partial charge in [-0.1, -0.05) is 13.3 Å². The molecule has 2 amide bonds. The predicted octanol–water partition coefficient (Wildman–Crippen LogP) is 3.34. The molecule has 27 heavy (non-hydrogen) atoms. The lowest BCUT2D eigenvalue weighted by atomic mass is 9.88. The lowest BCUT2D eigenvalue weighted by molar-refractivity contribution is -0.384. The number of nitrogens with zero attached hydrogens (tertiary/aromatic N) is 1. The Labute approximate surface area is 157 Å². The normalized spacial score (nSPS) is 25.4. The molecule has 8 nitrogen and oxygen atoms in total. The molecule has 3 rings (SSSR count). The third kappa shape index (κ3) is 4.27. The number of rotatable bonds is 4. The number of nitro benzene ring substituents is 1. The minimum Gasteiger partial charge on any atom is -0.459 e. The Bertz CT molecular complexity index is 787. The van der Waals surface area contributed by atoms with Crippen molar-refractivity contribution in [1.82, 2.24) is 10.6 Å². The van der Waals surface area contributed by atoms with E-state index in [1.165, 1.54) is 24.3 Å². The Morgan fingerprint density at radius 2 is 1.96 bits per heavy atom. The van der Waals surface area contributed by atoms with Gasteiger partial charge in [-0.05, 0) is 49.8 Å². The number of esters is 1. The number of urea groups is 1. The van der Waals surface area contributed by atoms with Gasteiger partial charge in [0.05, 0.1) is 16.5 Å². The summed E-state index contributed by atoms with van der Waals surface area (Å²) in [6, 6.07) is 4.64. The van der Waals surface area contributed by atoms with Crippen molar-refractivity contribution in [2.45, 2.75) is 51.7 Å². The molecule has 1 aromatic rings. The van der Waals surface area contributed by atoms with Crippen molar-refractivity contribution in [3.8, 4) is 0 Å². The number of carbonyl (C=O) groups is 2. The summed E-state index contributed by atoms with van der Waals surface area (Å²) >= 11 is 0. The van der Waals surface area contributed by atoms with Crippen molar-refractivity contribution in [2.24, 2.45) is 5.92 Å². The Hall–Kier alpha value is -2.90. The van der Waals surface area contributed by atoms with Gasteiger partial charge in [-0.15, -0.1) is 0 Å². The van der Waals surface area contributed by atoms with Crippen LogP contribution in [0.3, 0.4) is 0 Å². The van der Waals surface area contributed by atoms with Gasteiger partial charge in [0, 0.05) is 17.8 Å². The van der Waals surface area contributed by atoms with E-state index in [1.54, 1.807) is 6.92 Å². The van der Waals surface area contributed by atoms with E-state index in [9.17, 15) is 19.7 Å². The van der Waals surface area contributed by atoms with Gasteiger partial charge in [0.25, 0.3) is 5.69 Å². The molecule has 0 aromatic heterocycles. The first-order chi connectivity index (χ1) is 12.8. The highest BCUT2D eigenvalue weighted by molar-refractivity contribution is 5.95. The number of hydrogen-bond acceptors (Lipinski definition) is 5. The summed E-state index contributed by atoms with van der Waals surface area (Å²) in [7, 11) is 0. The van der Waals surface area contributed by atoms with Crippen molar-refractivity contribution in [1.29, 1.82) is 0 Å². The monoisotopic (exact) mass is 373 g/mol. The average Bonchev–Trinajstić information content (AvgIpc) is 2.61. The van der Waals surface area contributed by atoms with Gasteiger partial charge in [-0.2, -0.15) is 0 Å². The Morgan fingerprint density at radius 3 is 2.59 bits per heavy atom. The first-order valence-electron chi connectivity index (χ1n) is 9.08. The van der Waals surface area contributed by atoms with E-state index < -0.39 is 23.0 Å². The fourth-order valence-corrected chi connectivity index (χ4v) is 3.70. The summed E-state index contributed by atoms with van der Waals surface area (Å²) < 4.78 is 5.72.